The molecule has 1 heterocycles. The summed E-state index contributed by atoms with van der Waals surface area (Å²) < 4.78 is 40.3. The molecule has 94 valence electrons. The van der Waals surface area contributed by atoms with Crippen LogP contribution in [0.1, 0.15) is 12.1 Å². The van der Waals surface area contributed by atoms with Gasteiger partial charge >= 0.3 is 6.18 Å². The molecule has 3 N–H and O–H groups in total. The van der Waals surface area contributed by atoms with E-state index in [1.807, 2.05) is 0 Å². The zero-order chi connectivity index (χ0) is 12.9. The summed E-state index contributed by atoms with van der Waals surface area (Å²) in [6.45, 7) is -0.478. The fourth-order valence-corrected chi connectivity index (χ4v) is 0.953. The summed E-state index contributed by atoms with van der Waals surface area (Å²) in [5, 5.41) is 11.1. The molecule has 0 radical (unpaired) electrons. The number of hydrogen-bond acceptors (Lipinski definition) is 4. The second-order valence-corrected chi connectivity index (χ2v) is 3.08. The molecule has 0 unspecified atom stereocenters. The van der Waals surface area contributed by atoms with Gasteiger partial charge < -0.3 is 15.7 Å². The maximum absolute atomic E-state index is 11.8. The lowest BCUT2D eigenvalue weighted by Crippen LogP contribution is -2.15. The van der Waals surface area contributed by atoms with Crippen molar-refractivity contribution < 1.29 is 23.1 Å². The van der Waals surface area contributed by atoms with Crippen LogP contribution in [0.25, 0.3) is 0 Å². The van der Waals surface area contributed by atoms with E-state index in [-0.39, 0.29) is 17.3 Å². The van der Waals surface area contributed by atoms with Crippen LogP contribution in [0.15, 0.2) is 23.5 Å². The summed E-state index contributed by atoms with van der Waals surface area (Å²) >= 11 is 0. The van der Waals surface area contributed by atoms with Gasteiger partial charge in [0.15, 0.2) is 5.84 Å². The van der Waals surface area contributed by atoms with Gasteiger partial charge in [0.25, 0.3) is 0 Å². The van der Waals surface area contributed by atoms with E-state index in [4.69, 9.17) is 15.7 Å². The molecule has 0 aliphatic carbocycles. The number of rotatable bonds is 4. The molecular weight excluding hydrogens is 239 g/mol. The Bertz CT molecular complexity index is 389. The second-order valence-electron chi connectivity index (χ2n) is 3.08. The third-order valence-corrected chi connectivity index (χ3v) is 1.76. The molecule has 1 rings (SSSR count). The number of nitrogens with two attached hydrogens (primary N) is 1. The maximum atomic E-state index is 11.8. The van der Waals surface area contributed by atoms with Gasteiger partial charge in [-0.15, -0.1) is 0 Å². The second kappa shape index (κ2) is 5.37. The van der Waals surface area contributed by atoms with Crippen LogP contribution in [0.3, 0.4) is 0 Å². The lowest BCUT2D eigenvalue weighted by molar-refractivity contribution is -0.139. The number of hydrogen-bond donors (Lipinski definition) is 2. The Kier molecular flexibility index (Phi) is 4.13. The minimum Gasteiger partial charge on any atom is -0.492 e. The predicted octanol–water partition coefficient (Wildman–Crippen LogP) is 1.51. The Morgan fingerprint density at radius 2 is 2.18 bits per heavy atom. The number of oxime groups is 1. The molecule has 0 saturated carbocycles. The minimum absolute atomic E-state index is 0.184. The van der Waals surface area contributed by atoms with Crippen LogP contribution in [0.4, 0.5) is 13.2 Å². The maximum Gasteiger partial charge on any atom is 0.392 e. The Labute approximate surface area is 94.7 Å². The molecule has 0 aliphatic rings. The number of alkyl halides is 3. The fourth-order valence-electron chi connectivity index (χ4n) is 0.953. The van der Waals surface area contributed by atoms with Gasteiger partial charge in [-0.05, 0) is 12.1 Å². The summed E-state index contributed by atoms with van der Waals surface area (Å²) in [6.07, 6.45) is -4.08. The van der Waals surface area contributed by atoms with Gasteiger partial charge in [0, 0.05) is 0 Å². The van der Waals surface area contributed by atoms with Gasteiger partial charge in [-0.1, -0.05) is 5.16 Å². The van der Waals surface area contributed by atoms with Crippen LogP contribution in [-0.2, 0) is 0 Å². The van der Waals surface area contributed by atoms with Crippen LogP contribution in [0.5, 0.6) is 5.75 Å². The molecule has 5 nitrogen and oxygen atoms in total. The lowest BCUT2D eigenvalue weighted by Gasteiger charge is -2.08. The van der Waals surface area contributed by atoms with Crippen LogP contribution >= 0.6 is 0 Å². The van der Waals surface area contributed by atoms with Gasteiger partial charge in [0.1, 0.15) is 11.4 Å². The van der Waals surface area contributed by atoms with Crippen LogP contribution in [0.2, 0.25) is 0 Å². The lowest BCUT2D eigenvalue weighted by atomic mass is 10.3. The zero-order valence-electron chi connectivity index (χ0n) is 8.61. The van der Waals surface area contributed by atoms with Crippen molar-refractivity contribution in [3.63, 3.8) is 0 Å². The molecule has 1 aromatic heterocycles. The Morgan fingerprint density at radius 3 is 2.65 bits per heavy atom. The number of nitrogens with zero attached hydrogens (tertiary/aromatic N) is 2. The highest BCUT2D eigenvalue weighted by atomic mass is 19.4. The van der Waals surface area contributed by atoms with Crippen molar-refractivity contribution in [1.82, 2.24) is 4.98 Å². The standard InChI is InChI=1S/C9H10F3N3O2/c10-9(11,12)3-4-17-6-1-2-7(14-5-6)8(13)15-16/h1-2,5,16H,3-4H2,(H2,13,15). The highest BCUT2D eigenvalue weighted by Crippen LogP contribution is 2.20. The molecule has 0 atom stereocenters. The summed E-state index contributed by atoms with van der Waals surface area (Å²) in [4.78, 5) is 3.74. The van der Waals surface area contributed by atoms with E-state index >= 15 is 0 Å². The SMILES string of the molecule is N/C(=N/O)c1ccc(OCCC(F)(F)F)cn1. The molecular formula is C9H10F3N3O2. The number of aromatic nitrogens is 1. The largest absolute Gasteiger partial charge is 0.492 e. The highest BCUT2D eigenvalue weighted by Gasteiger charge is 2.26. The normalized spacial score (nSPS) is 12.5. The first-order valence-corrected chi connectivity index (χ1v) is 4.56. The Balaban J connectivity index is 2.52. The van der Waals surface area contributed by atoms with Crippen molar-refractivity contribution in [3.05, 3.63) is 24.0 Å². The van der Waals surface area contributed by atoms with Crippen molar-refractivity contribution in [2.75, 3.05) is 6.61 Å². The summed E-state index contributed by atoms with van der Waals surface area (Å²) in [5.74, 6) is -0.00409. The first-order chi connectivity index (χ1) is 7.92. The molecule has 0 aliphatic heterocycles. The van der Waals surface area contributed by atoms with Gasteiger partial charge in [0.2, 0.25) is 0 Å². The average molecular weight is 249 g/mol. The summed E-state index contributed by atoms with van der Waals surface area (Å²) in [7, 11) is 0. The molecule has 0 aromatic carbocycles. The van der Waals surface area contributed by atoms with E-state index in [1.165, 1.54) is 18.3 Å². The van der Waals surface area contributed by atoms with Gasteiger partial charge in [0.05, 0.1) is 19.2 Å². The predicted molar refractivity (Wildman–Crippen MR) is 52.9 cm³/mol. The fraction of sp³-hybridized carbons (Fsp3) is 0.333. The van der Waals surface area contributed by atoms with E-state index < -0.39 is 19.2 Å². The monoisotopic (exact) mass is 249 g/mol. The third-order valence-electron chi connectivity index (χ3n) is 1.76. The molecule has 17 heavy (non-hydrogen) atoms. The van der Waals surface area contributed by atoms with Crippen LogP contribution < -0.4 is 10.5 Å². The zero-order valence-corrected chi connectivity index (χ0v) is 8.61. The van der Waals surface area contributed by atoms with E-state index in [1.54, 1.807) is 0 Å². The van der Waals surface area contributed by atoms with Crippen molar-refractivity contribution in [3.8, 4) is 5.75 Å². The molecule has 0 saturated heterocycles. The Hall–Kier alpha value is -1.99. The molecule has 0 amide bonds. The minimum atomic E-state index is -4.25. The van der Waals surface area contributed by atoms with Gasteiger partial charge in [-0.3, -0.25) is 0 Å². The van der Waals surface area contributed by atoms with Crippen LogP contribution in [-0.4, -0.2) is 28.8 Å². The van der Waals surface area contributed by atoms with Crippen molar-refractivity contribution in [2.24, 2.45) is 10.9 Å². The van der Waals surface area contributed by atoms with E-state index in [0.29, 0.717) is 0 Å². The number of halogens is 3. The molecule has 0 fully saturated rings. The van der Waals surface area contributed by atoms with Crippen molar-refractivity contribution in [1.29, 1.82) is 0 Å². The quantitative estimate of drug-likeness (QED) is 0.367. The molecule has 1 aromatic rings. The molecule has 0 spiro atoms. The first-order valence-electron chi connectivity index (χ1n) is 4.56. The summed E-state index contributed by atoms with van der Waals surface area (Å²) in [5.41, 5.74) is 5.45. The van der Waals surface area contributed by atoms with E-state index in [9.17, 15) is 13.2 Å². The van der Waals surface area contributed by atoms with Crippen LogP contribution in [0, 0.1) is 0 Å². The number of ether oxygens (including phenoxy) is 1. The van der Waals surface area contributed by atoms with Gasteiger partial charge in [-0.25, -0.2) is 4.98 Å². The van der Waals surface area contributed by atoms with E-state index in [0.717, 1.165) is 0 Å². The van der Waals surface area contributed by atoms with Crippen molar-refractivity contribution >= 4 is 5.84 Å². The third kappa shape index (κ3) is 4.58. The average Bonchev–Trinajstić information content (AvgIpc) is 2.27. The van der Waals surface area contributed by atoms with Gasteiger partial charge in [-0.2, -0.15) is 13.2 Å². The number of pyridine rings is 1. The smallest absolute Gasteiger partial charge is 0.392 e. The molecule has 8 heteroatoms. The topological polar surface area (TPSA) is 80.7 Å². The van der Waals surface area contributed by atoms with E-state index in [2.05, 4.69) is 10.1 Å². The number of amidine groups is 1. The highest BCUT2D eigenvalue weighted by molar-refractivity contribution is 5.95. The Morgan fingerprint density at radius 1 is 1.47 bits per heavy atom. The first kappa shape index (κ1) is 13.1. The van der Waals surface area contributed by atoms with Crippen molar-refractivity contribution in [2.45, 2.75) is 12.6 Å². The molecule has 0 bridgehead atoms. The summed E-state index contributed by atoms with van der Waals surface area (Å²) in [6, 6.07) is 2.76.